The van der Waals surface area contributed by atoms with Crippen molar-refractivity contribution in [3.8, 4) is 0 Å². The van der Waals surface area contributed by atoms with Crippen molar-refractivity contribution < 1.29 is 0 Å². The van der Waals surface area contributed by atoms with Gasteiger partial charge in [-0.05, 0) is 26.0 Å². The lowest BCUT2D eigenvalue weighted by molar-refractivity contribution is 0.503. The van der Waals surface area contributed by atoms with Crippen molar-refractivity contribution in [3.05, 3.63) is 27.7 Å². The topological polar surface area (TPSA) is 46.9 Å². The van der Waals surface area contributed by atoms with Crippen LogP contribution in [0.3, 0.4) is 0 Å². The molecule has 0 aliphatic heterocycles. The van der Waals surface area contributed by atoms with E-state index in [1.807, 2.05) is 13.0 Å². The van der Waals surface area contributed by atoms with Gasteiger partial charge in [0.15, 0.2) is 0 Å². The molecule has 4 nitrogen and oxygen atoms in total. The van der Waals surface area contributed by atoms with Gasteiger partial charge in [0.2, 0.25) is 0 Å². The van der Waals surface area contributed by atoms with Crippen LogP contribution in [0.5, 0.6) is 0 Å². The highest BCUT2D eigenvalue weighted by atomic mass is 16.1. The first kappa shape index (κ1) is 15.9. The van der Waals surface area contributed by atoms with Crippen molar-refractivity contribution in [1.29, 1.82) is 0 Å². The van der Waals surface area contributed by atoms with Gasteiger partial charge in [0.25, 0.3) is 5.56 Å². The lowest BCUT2D eigenvalue weighted by atomic mass is 9.91. The van der Waals surface area contributed by atoms with E-state index in [0.717, 1.165) is 30.6 Å². The standard InChI is InChI=1S/C15H27N3O/c1-6-8-9-16-11-12-10-13(15(3,4)5)17-18(7-2)14(12)19/h10,16H,6-9,11H2,1-5H3. The van der Waals surface area contributed by atoms with Crippen LogP contribution in [0, 0.1) is 0 Å². The van der Waals surface area contributed by atoms with Gasteiger partial charge in [0.05, 0.1) is 5.69 Å². The highest BCUT2D eigenvalue weighted by Gasteiger charge is 2.18. The predicted octanol–water partition coefficient (Wildman–Crippen LogP) is 2.45. The molecule has 1 aromatic rings. The molecular formula is C15H27N3O. The molecule has 0 atom stereocenters. The van der Waals surface area contributed by atoms with E-state index in [4.69, 9.17) is 0 Å². The van der Waals surface area contributed by atoms with Gasteiger partial charge in [0.1, 0.15) is 0 Å². The number of aromatic nitrogens is 2. The van der Waals surface area contributed by atoms with Gasteiger partial charge in [-0.1, -0.05) is 34.1 Å². The van der Waals surface area contributed by atoms with Crippen molar-refractivity contribution in [2.45, 2.75) is 66.0 Å². The molecule has 0 aliphatic rings. The van der Waals surface area contributed by atoms with Gasteiger partial charge in [-0.25, -0.2) is 4.68 Å². The molecule has 108 valence electrons. The van der Waals surface area contributed by atoms with Crippen LogP contribution >= 0.6 is 0 Å². The number of rotatable bonds is 6. The molecule has 0 aliphatic carbocycles. The number of hydrogen-bond donors (Lipinski definition) is 1. The monoisotopic (exact) mass is 265 g/mol. The fourth-order valence-electron chi connectivity index (χ4n) is 1.83. The lowest BCUT2D eigenvalue weighted by Gasteiger charge is -2.20. The first-order chi connectivity index (χ1) is 8.90. The van der Waals surface area contributed by atoms with E-state index in [-0.39, 0.29) is 11.0 Å². The average molecular weight is 265 g/mol. The zero-order valence-electron chi connectivity index (χ0n) is 12.9. The normalized spacial score (nSPS) is 11.8. The summed E-state index contributed by atoms with van der Waals surface area (Å²) in [5.74, 6) is 0. The summed E-state index contributed by atoms with van der Waals surface area (Å²) in [4.78, 5) is 12.2. The van der Waals surface area contributed by atoms with E-state index in [9.17, 15) is 4.79 Å². The smallest absolute Gasteiger partial charge is 0.271 e. The Labute approximate surface area is 116 Å². The van der Waals surface area contributed by atoms with Crippen LogP contribution in [0.4, 0.5) is 0 Å². The fourth-order valence-corrected chi connectivity index (χ4v) is 1.83. The van der Waals surface area contributed by atoms with Gasteiger partial charge < -0.3 is 5.32 Å². The summed E-state index contributed by atoms with van der Waals surface area (Å²) in [6.07, 6.45) is 2.30. The summed E-state index contributed by atoms with van der Waals surface area (Å²) in [5, 5.41) is 7.78. The molecule has 0 fully saturated rings. The fraction of sp³-hybridized carbons (Fsp3) is 0.733. The highest BCUT2D eigenvalue weighted by Crippen LogP contribution is 2.19. The van der Waals surface area contributed by atoms with E-state index in [1.165, 1.54) is 0 Å². The second kappa shape index (κ2) is 6.85. The minimum atomic E-state index is -0.0389. The quantitative estimate of drug-likeness (QED) is 0.804. The molecule has 0 spiro atoms. The van der Waals surface area contributed by atoms with Gasteiger partial charge in [-0.15, -0.1) is 0 Å². The molecule has 1 rings (SSSR count). The maximum Gasteiger partial charge on any atom is 0.271 e. The maximum atomic E-state index is 12.2. The number of nitrogens with one attached hydrogen (secondary N) is 1. The second-order valence-corrected chi connectivity index (χ2v) is 5.96. The summed E-state index contributed by atoms with van der Waals surface area (Å²) in [7, 11) is 0. The highest BCUT2D eigenvalue weighted by molar-refractivity contribution is 5.19. The summed E-state index contributed by atoms with van der Waals surface area (Å²) >= 11 is 0. The van der Waals surface area contributed by atoms with Crippen LogP contribution in [-0.2, 0) is 18.5 Å². The van der Waals surface area contributed by atoms with Crippen LogP contribution in [0.2, 0.25) is 0 Å². The molecule has 0 saturated heterocycles. The van der Waals surface area contributed by atoms with Crippen molar-refractivity contribution in [1.82, 2.24) is 15.1 Å². The van der Waals surface area contributed by atoms with Crippen molar-refractivity contribution in [2.24, 2.45) is 0 Å². The van der Waals surface area contributed by atoms with Gasteiger partial charge >= 0.3 is 0 Å². The minimum absolute atomic E-state index is 0.0273. The van der Waals surface area contributed by atoms with Gasteiger partial charge in [0, 0.05) is 24.1 Å². The van der Waals surface area contributed by atoms with E-state index < -0.39 is 0 Å². The van der Waals surface area contributed by atoms with Crippen LogP contribution < -0.4 is 10.9 Å². The molecule has 0 unspecified atom stereocenters. The summed E-state index contributed by atoms with van der Waals surface area (Å²) in [5.41, 5.74) is 1.78. The Morgan fingerprint density at radius 3 is 2.53 bits per heavy atom. The molecule has 1 N–H and O–H groups in total. The number of hydrogen-bond acceptors (Lipinski definition) is 3. The molecular weight excluding hydrogens is 238 g/mol. The second-order valence-electron chi connectivity index (χ2n) is 5.96. The zero-order chi connectivity index (χ0) is 14.5. The van der Waals surface area contributed by atoms with Crippen molar-refractivity contribution in [3.63, 3.8) is 0 Å². The summed E-state index contributed by atoms with van der Waals surface area (Å²) in [6, 6.07) is 1.95. The number of unbranched alkanes of at least 4 members (excludes halogenated alkanes) is 1. The molecule has 1 heterocycles. The lowest BCUT2D eigenvalue weighted by Crippen LogP contribution is -2.32. The molecule has 19 heavy (non-hydrogen) atoms. The van der Waals surface area contributed by atoms with Crippen LogP contribution in [0.1, 0.15) is 58.7 Å². The Kier molecular flexibility index (Phi) is 5.73. The third-order valence-corrected chi connectivity index (χ3v) is 3.14. The van der Waals surface area contributed by atoms with Crippen LogP contribution in [-0.4, -0.2) is 16.3 Å². The molecule has 1 aromatic heterocycles. The van der Waals surface area contributed by atoms with Crippen LogP contribution in [0.15, 0.2) is 10.9 Å². The Hall–Kier alpha value is -1.16. The van der Waals surface area contributed by atoms with E-state index in [1.54, 1.807) is 4.68 Å². The molecule has 4 heteroatoms. The Bertz CT molecular complexity index is 457. The van der Waals surface area contributed by atoms with E-state index in [0.29, 0.717) is 13.1 Å². The third-order valence-electron chi connectivity index (χ3n) is 3.14. The first-order valence-corrected chi connectivity index (χ1v) is 7.22. The summed E-state index contributed by atoms with van der Waals surface area (Å²) < 4.78 is 1.57. The average Bonchev–Trinajstić information content (AvgIpc) is 2.35. The number of nitrogens with zero attached hydrogens (tertiary/aromatic N) is 2. The molecule has 0 aromatic carbocycles. The predicted molar refractivity (Wildman–Crippen MR) is 79.5 cm³/mol. The van der Waals surface area contributed by atoms with Crippen molar-refractivity contribution in [2.75, 3.05) is 6.54 Å². The largest absolute Gasteiger partial charge is 0.312 e. The molecule has 0 amide bonds. The van der Waals surface area contributed by atoms with E-state index in [2.05, 4.69) is 38.1 Å². The first-order valence-electron chi connectivity index (χ1n) is 7.22. The SMILES string of the molecule is CCCCNCc1cc(C(C)(C)C)nn(CC)c1=O. The van der Waals surface area contributed by atoms with Gasteiger partial charge in [-0.2, -0.15) is 5.10 Å². The summed E-state index contributed by atoms with van der Waals surface area (Å²) in [6.45, 7) is 12.7. The third kappa shape index (κ3) is 4.46. The Balaban J connectivity index is 2.98. The molecule has 0 saturated carbocycles. The minimum Gasteiger partial charge on any atom is -0.312 e. The van der Waals surface area contributed by atoms with E-state index >= 15 is 0 Å². The molecule has 0 radical (unpaired) electrons. The maximum absolute atomic E-state index is 12.2. The Morgan fingerprint density at radius 1 is 1.32 bits per heavy atom. The molecule has 0 bridgehead atoms. The van der Waals surface area contributed by atoms with Crippen molar-refractivity contribution >= 4 is 0 Å². The zero-order valence-corrected chi connectivity index (χ0v) is 12.9. The van der Waals surface area contributed by atoms with Gasteiger partial charge in [-0.3, -0.25) is 4.79 Å². The van der Waals surface area contributed by atoms with Crippen LogP contribution in [0.25, 0.3) is 0 Å². The Morgan fingerprint density at radius 2 is 2.00 bits per heavy atom. The number of aryl methyl sites for hydroxylation is 1.